The van der Waals surface area contributed by atoms with Crippen LogP contribution in [-0.2, 0) is 14.3 Å². The van der Waals surface area contributed by atoms with Crippen molar-refractivity contribution in [3.63, 3.8) is 0 Å². The van der Waals surface area contributed by atoms with Crippen LogP contribution in [-0.4, -0.2) is 45.9 Å². The maximum absolute atomic E-state index is 12.9. The Morgan fingerprint density at radius 1 is 1.30 bits per heavy atom. The number of nitro groups is 1. The maximum Gasteiger partial charge on any atom is 0.295 e. The van der Waals surface area contributed by atoms with Crippen LogP contribution in [0.2, 0.25) is 0 Å². The molecule has 1 aromatic heterocycles. The van der Waals surface area contributed by atoms with Crippen molar-refractivity contribution >= 4 is 23.1 Å². The number of aliphatic hydroxyl groups excluding tert-OH is 1. The van der Waals surface area contributed by atoms with Crippen molar-refractivity contribution in [2.75, 3.05) is 13.2 Å². The third kappa shape index (κ3) is 3.48. The zero-order valence-corrected chi connectivity index (χ0v) is 16.2. The van der Waals surface area contributed by atoms with E-state index in [9.17, 15) is 24.8 Å². The Hall–Kier alpha value is -3.46. The highest BCUT2D eigenvalue weighted by Gasteiger charge is 2.48. The van der Waals surface area contributed by atoms with Crippen LogP contribution in [0.25, 0.3) is 5.76 Å². The van der Waals surface area contributed by atoms with Gasteiger partial charge in [-0.15, -0.1) is 0 Å². The molecule has 9 nitrogen and oxygen atoms in total. The molecule has 30 heavy (non-hydrogen) atoms. The summed E-state index contributed by atoms with van der Waals surface area (Å²) in [6.45, 7) is 2.50. The number of carbonyl (C=O) groups is 2. The van der Waals surface area contributed by atoms with Gasteiger partial charge in [-0.25, -0.2) is 0 Å². The first-order valence-corrected chi connectivity index (χ1v) is 9.58. The van der Waals surface area contributed by atoms with E-state index >= 15 is 0 Å². The Bertz CT molecular complexity index is 1050. The fourth-order valence-corrected chi connectivity index (χ4v) is 3.89. The van der Waals surface area contributed by atoms with Gasteiger partial charge in [-0.1, -0.05) is 12.1 Å². The number of ketones is 1. The van der Waals surface area contributed by atoms with Crippen LogP contribution >= 0.6 is 0 Å². The Labute approximate surface area is 171 Å². The summed E-state index contributed by atoms with van der Waals surface area (Å²) in [4.78, 5) is 37.6. The van der Waals surface area contributed by atoms with E-state index in [1.165, 1.54) is 23.1 Å². The number of non-ortho nitro benzene ring substituents is 1. The van der Waals surface area contributed by atoms with Gasteiger partial charge in [-0.2, -0.15) is 0 Å². The molecule has 2 atom stereocenters. The molecule has 2 saturated heterocycles. The molecule has 2 aliphatic heterocycles. The molecule has 0 saturated carbocycles. The predicted molar refractivity (Wildman–Crippen MR) is 105 cm³/mol. The molecule has 9 heteroatoms. The summed E-state index contributed by atoms with van der Waals surface area (Å²) in [5.41, 5.74) is -0.321. The number of amides is 1. The Balaban J connectivity index is 1.82. The number of nitrogens with zero attached hydrogens (tertiary/aromatic N) is 2. The van der Waals surface area contributed by atoms with Crippen LogP contribution in [0.15, 0.2) is 46.4 Å². The van der Waals surface area contributed by atoms with Crippen molar-refractivity contribution in [3.05, 3.63) is 69.2 Å². The number of benzene rings is 1. The van der Waals surface area contributed by atoms with Gasteiger partial charge in [0.25, 0.3) is 17.4 Å². The molecule has 0 spiro atoms. The standard InChI is InChI=1S/C21H20N2O7/c1-12-7-8-16(30-12)18-17(19(24)13-4-2-5-14(10-13)23(27)28)20(25)21(26)22(18)11-15-6-3-9-29-15/h2,4-5,7-8,10,15,18,24H,3,6,9,11H2,1H3/b19-17-. The van der Waals surface area contributed by atoms with E-state index in [-0.39, 0.29) is 29.5 Å². The SMILES string of the molecule is Cc1ccc(C2/C(=C(/O)c3cccc([N+](=O)[O-])c3)C(=O)C(=O)N2CC2CCCO2)o1. The fraction of sp³-hybridized carbons (Fsp3) is 0.333. The molecule has 2 aliphatic rings. The van der Waals surface area contributed by atoms with Gasteiger partial charge in [0.05, 0.1) is 16.6 Å². The van der Waals surface area contributed by atoms with Crippen molar-refractivity contribution in [1.82, 2.24) is 4.90 Å². The molecular formula is C21H20N2O7. The van der Waals surface area contributed by atoms with E-state index in [1.807, 2.05) is 0 Å². The molecule has 1 amide bonds. The average molecular weight is 412 g/mol. The molecule has 3 heterocycles. The molecule has 156 valence electrons. The predicted octanol–water partition coefficient (Wildman–Crippen LogP) is 3.10. The summed E-state index contributed by atoms with van der Waals surface area (Å²) in [6, 6.07) is 7.70. The van der Waals surface area contributed by atoms with Crippen molar-refractivity contribution in [2.45, 2.75) is 31.9 Å². The number of rotatable bonds is 5. The summed E-state index contributed by atoms with van der Waals surface area (Å²) in [5.74, 6) is -1.20. The minimum atomic E-state index is -0.942. The molecular weight excluding hydrogens is 392 g/mol. The van der Waals surface area contributed by atoms with Crippen molar-refractivity contribution in [3.8, 4) is 0 Å². The van der Waals surface area contributed by atoms with Gasteiger partial charge in [0.2, 0.25) is 0 Å². The highest BCUT2D eigenvalue weighted by atomic mass is 16.6. The van der Waals surface area contributed by atoms with Gasteiger partial charge >= 0.3 is 0 Å². The summed E-state index contributed by atoms with van der Waals surface area (Å²) in [7, 11) is 0. The van der Waals surface area contributed by atoms with Crippen LogP contribution < -0.4 is 0 Å². The van der Waals surface area contributed by atoms with E-state index in [4.69, 9.17) is 9.15 Å². The number of aryl methyl sites for hydroxylation is 1. The minimum absolute atomic E-state index is 0.0765. The van der Waals surface area contributed by atoms with Crippen LogP contribution in [0, 0.1) is 17.0 Å². The number of Topliss-reactive ketones (excluding diaryl/α,β-unsaturated/α-hetero) is 1. The monoisotopic (exact) mass is 412 g/mol. The van der Waals surface area contributed by atoms with Gasteiger partial charge in [-0.3, -0.25) is 19.7 Å². The summed E-state index contributed by atoms with van der Waals surface area (Å²) >= 11 is 0. The second-order valence-electron chi connectivity index (χ2n) is 7.34. The third-order valence-electron chi connectivity index (χ3n) is 5.33. The topological polar surface area (TPSA) is 123 Å². The lowest BCUT2D eigenvalue weighted by atomic mass is 9.99. The quantitative estimate of drug-likeness (QED) is 0.263. The smallest absolute Gasteiger partial charge is 0.295 e. The van der Waals surface area contributed by atoms with Crippen LogP contribution in [0.4, 0.5) is 5.69 Å². The molecule has 0 radical (unpaired) electrons. The molecule has 2 unspecified atom stereocenters. The Kier molecular flexibility index (Phi) is 5.13. The number of furan rings is 1. The van der Waals surface area contributed by atoms with Crippen molar-refractivity contribution in [2.24, 2.45) is 0 Å². The average Bonchev–Trinajstić information content (AvgIpc) is 3.45. The first-order chi connectivity index (χ1) is 14.4. The lowest BCUT2D eigenvalue weighted by molar-refractivity contribution is -0.384. The lowest BCUT2D eigenvalue weighted by Gasteiger charge is -2.25. The van der Waals surface area contributed by atoms with Gasteiger partial charge in [0, 0.05) is 30.8 Å². The molecule has 0 aliphatic carbocycles. The molecule has 1 aromatic carbocycles. The Morgan fingerprint density at radius 2 is 2.10 bits per heavy atom. The van der Waals surface area contributed by atoms with E-state index in [0.29, 0.717) is 18.1 Å². The zero-order chi connectivity index (χ0) is 21.4. The van der Waals surface area contributed by atoms with Gasteiger partial charge < -0.3 is 19.2 Å². The van der Waals surface area contributed by atoms with Gasteiger partial charge in [0.1, 0.15) is 23.3 Å². The first kappa shape index (κ1) is 19.8. The number of nitro benzene ring substituents is 1. The van der Waals surface area contributed by atoms with E-state index < -0.39 is 28.4 Å². The molecule has 0 bridgehead atoms. The number of hydrogen-bond donors (Lipinski definition) is 1. The highest BCUT2D eigenvalue weighted by molar-refractivity contribution is 6.46. The third-order valence-corrected chi connectivity index (χ3v) is 5.33. The highest BCUT2D eigenvalue weighted by Crippen LogP contribution is 2.40. The number of ether oxygens (including phenoxy) is 1. The second-order valence-corrected chi connectivity index (χ2v) is 7.34. The van der Waals surface area contributed by atoms with Crippen LogP contribution in [0.5, 0.6) is 0 Å². The van der Waals surface area contributed by atoms with Crippen molar-refractivity contribution < 1.29 is 28.8 Å². The molecule has 2 aromatic rings. The number of hydrogen-bond acceptors (Lipinski definition) is 7. The summed E-state index contributed by atoms with van der Waals surface area (Å²) in [5, 5.41) is 22.0. The number of aliphatic hydroxyl groups is 1. The second kappa shape index (κ2) is 7.75. The van der Waals surface area contributed by atoms with Gasteiger partial charge in [-0.05, 0) is 31.9 Å². The number of carbonyl (C=O) groups excluding carboxylic acids is 2. The zero-order valence-electron chi connectivity index (χ0n) is 16.2. The molecule has 1 N–H and O–H groups in total. The normalized spacial score (nSPS) is 23.3. The largest absolute Gasteiger partial charge is 0.507 e. The summed E-state index contributed by atoms with van der Waals surface area (Å²) < 4.78 is 11.3. The van der Waals surface area contributed by atoms with Gasteiger partial charge in [0.15, 0.2) is 0 Å². The maximum atomic E-state index is 12.9. The summed E-state index contributed by atoms with van der Waals surface area (Å²) in [6.07, 6.45) is 1.42. The van der Waals surface area contributed by atoms with E-state index in [2.05, 4.69) is 0 Å². The van der Waals surface area contributed by atoms with Crippen LogP contribution in [0.1, 0.15) is 36.0 Å². The van der Waals surface area contributed by atoms with E-state index in [1.54, 1.807) is 19.1 Å². The van der Waals surface area contributed by atoms with Crippen LogP contribution in [0.3, 0.4) is 0 Å². The Morgan fingerprint density at radius 3 is 2.73 bits per heavy atom. The van der Waals surface area contributed by atoms with E-state index in [0.717, 1.165) is 18.9 Å². The minimum Gasteiger partial charge on any atom is -0.507 e. The molecule has 4 rings (SSSR count). The van der Waals surface area contributed by atoms with Crippen molar-refractivity contribution in [1.29, 1.82) is 0 Å². The first-order valence-electron chi connectivity index (χ1n) is 9.58. The fourth-order valence-electron chi connectivity index (χ4n) is 3.89. The molecule has 2 fully saturated rings. The lowest BCUT2D eigenvalue weighted by Crippen LogP contribution is -2.36. The number of likely N-dealkylation sites (tertiary alicyclic amines) is 1.